The van der Waals surface area contributed by atoms with Crippen LogP contribution >= 0.6 is 0 Å². The molecule has 0 aromatic rings. The Morgan fingerprint density at radius 1 is 0.875 bits per heavy atom. The summed E-state index contributed by atoms with van der Waals surface area (Å²) in [4.78, 5) is 0. The Bertz CT molecular complexity index is 19.9. The third kappa shape index (κ3) is 91600. The van der Waals surface area contributed by atoms with Crippen molar-refractivity contribution in [2.75, 3.05) is 0 Å². The van der Waals surface area contributed by atoms with Gasteiger partial charge in [0.2, 0.25) is 0 Å². The Kier molecular flexibility index (Phi) is 9.44. The fraction of sp³-hybridized carbons (Fsp3) is 1.00. The Morgan fingerprint density at radius 2 is 0.875 bits per heavy atom. The molecular formula is C7H20N+. The maximum atomic E-state index is 3.64. The van der Waals surface area contributed by atoms with Crippen molar-refractivity contribution in [2.24, 2.45) is 5.92 Å². The van der Waals surface area contributed by atoms with Crippen LogP contribution in [-0.4, -0.2) is 6.04 Å². The smallest absolute Gasteiger partial charge is 0.0786 e. The molecule has 0 amide bonds. The molecule has 3 N–H and O–H groups in total. The summed E-state index contributed by atoms with van der Waals surface area (Å²) in [6.45, 7) is 10.6. The summed E-state index contributed by atoms with van der Waals surface area (Å²) in [5.74, 6) is 0.833. The van der Waals surface area contributed by atoms with Gasteiger partial charge < -0.3 is 5.73 Å². The van der Waals surface area contributed by atoms with E-state index in [0.29, 0.717) is 6.04 Å². The van der Waals surface area contributed by atoms with Crippen LogP contribution in [0.25, 0.3) is 0 Å². The summed E-state index contributed by atoms with van der Waals surface area (Å²) in [6.07, 6.45) is 0. The standard InChI is InChI=1S/C4H10.C3H9N/c1-4(2)3;1-3(2)4/h4H,1-3H3;3H,4H2,1-2H3/p+1. The number of quaternary nitrogens is 1. The van der Waals surface area contributed by atoms with Gasteiger partial charge in [0.05, 0.1) is 6.04 Å². The first kappa shape index (κ1) is 10.9. The summed E-state index contributed by atoms with van der Waals surface area (Å²) < 4.78 is 0. The minimum absolute atomic E-state index is 0.583. The predicted octanol–water partition coefficient (Wildman–Crippen LogP) is 1.30. The first-order chi connectivity index (χ1) is 3.46. The molecule has 0 bridgehead atoms. The third-order valence-electron chi connectivity index (χ3n) is 0. The highest BCUT2D eigenvalue weighted by atomic mass is 14.6. The van der Waals surface area contributed by atoms with Crippen molar-refractivity contribution < 1.29 is 5.73 Å². The van der Waals surface area contributed by atoms with Gasteiger partial charge in [-0.1, -0.05) is 20.8 Å². The Balaban J connectivity index is 0. The Labute approximate surface area is 53.3 Å². The van der Waals surface area contributed by atoms with Crippen LogP contribution < -0.4 is 5.73 Å². The number of hydrogen-bond acceptors (Lipinski definition) is 0. The van der Waals surface area contributed by atoms with Gasteiger partial charge in [0.15, 0.2) is 0 Å². The topological polar surface area (TPSA) is 27.6 Å². The van der Waals surface area contributed by atoms with E-state index in [2.05, 4.69) is 40.4 Å². The molecule has 0 spiro atoms. The maximum absolute atomic E-state index is 3.64. The lowest BCUT2D eigenvalue weighted by atomic mass is 10.3. The van der Waals surface area contributed by atoms with Crippen molar-refractivity contribution in [3.8, 4) is 0 Å². The molecule has 0 atom stereocenters. The zero-order chi connectivity index (χ0) is 7.15. The largest absolute Gasteiger partial charge is 0.356 e. The predicted molar refractivity (Wildman–Crippen MR) is 38.5 cm³/mol. The summed E-state index contributed by atoms with van der Waals surface area (Å²) >= 11 is 0. The van der Waals surface area contributed by atoms with Gasteiger partial charge >= 0.3 is 0 Å². The van der Waals surface area contributed by atoms with E-state index in [4.69, 9.17) is 0 Å². The molecule has 1 nitrogen and oxygen atoms in total. The number of rotatable bonds is 0. The van der Waals surface area contributed by atoms with E-state index in [1.165, 1.54) is 0 Å². The molecule has 1 heteroatoms. The lowest BCUT2D eigenvalue weighted by Gasteiger charge is -1.79. The molecule has 0 unspecified atom stereocenters. The van der Waals surface area contributed by atoms with E-state index in [-0.39, 0.29) is 0 Å². The van der Waals surface area contributed by atoms with Crippen LogP contribution in [0, 0.1) is 5.92 Å². The second-order valence-electron chi connectivity index (χ2n) is 3.13. The molecular weight excluding hydrogens is 98.1 g/mol. The van der Waals surface area contributed by atoms with Gasteiger partial charge in [0, 0.05) is 0 Å². The van der Waals surface area contributed by atoms with Gasteiger partial charge in [-0.2, -0.15) is 0 Å². The fourth-order valence-corrected chi connectivity index (χ4v) is 0. The highest BCUT2D eigenvalue weighted by Gasteiger charge is 1.72. The van der Waals surface area contributed by atoms with Gasteiger partial charge in [-0.3, -0.25) is 0 Å². The van der Waals surface area contributed by atoms with Crippen molar-refractivity contribution >= 4 is 0 Å². The van der Waals surface area contributed by atoms with Gasteiger partial charge in [-0.05, 0) is 19.8 Å². The molecule has 0 aromatic heterocycles. The second-order valence-corrected chi connectivity index (χ2v) is 3.13. The zero-order valence-electron chi connectivity index (χ0n) is 6.86. The first-order valence-electron chi connectivity index (χ1n) is 3.29. The van der Waals surface area contributed by atoms with Crippen LogP contribution in [-0.2, 0) is 0 Å². The molecule has 52 valence electrons. The summed E-state index contributed by atoms with van der Waals surface area (Å²) in [7, 11) is 0. The summed E-state index contributed by atoms with van der Waals surface area (Å²) in [5, 5.41) is 0. The molecule has 0 heterocycles. The van der Waals surface area contributed by atoms with E-state index >= 15 is 0 Å². The molecule has 0 aliphatic rings. The number of hydrogen-bond donors (Lipinski definition) is 1. The van der Waals surface area contributed by atoms with Crippen molar-refractivity contribution in [1.82, 2.24) is 0 Å². The average molecular weight is 118 g/mol. The lowest BCUT2D eigenvalue weighted by molar-refractivity contribution is -0.407. The van der Waals surface area contributed by atoms with Crippen LogP contribution in [0.3, 0.4) is 0 Å². The molecule has 8 heavy (non-hydrogen) atoms. The van der Waals surface area contributed by atoms with Crippen LogP contribution in [0.4, 0.5) is 0 Å². The van der Waals surface area contributed by atoms with E-state index in [1.54, 1.807) is 0 Å². The lowest BCUT2D eigenvalue weighted by Crippen LogP contribution is -2.57. The highest BCUT2D eigenvalue weighted by molar-refractivity contribution is 4.20. The second kappa shape index (κ2) is 6.96. The SMILES string of the molecule is CC(C)C.CC(C)[NH3+]. The maximum Gasteiger partial charge on any atom is 0.0786 e. The minimum Gasteiger partial charge on any atom is -0.356 e. The van der Waals surface area contributed by atoms with E-state index < -0.39 is 0 Å². The Morgan fingerprint density at radius 3 is 0.875 bits per heavy atom. The van der Waals surface area contributed by atoms with Crippen molar-refractivity contribution in [1.29, 1.82) is 0 Å². The van der Waals surface area contributed by atoms with Crippen molar-refractivity contribution in [3.63, 3.8) is 0 Å². The molecule has 0 rings (SSSR count). The van der Waals surface area contributed by atoms with Crippen molar-refractivity contribution in [3.05, 3.63) is 0 Å². The monoisotopic (exact) mass is 118 g/mol. The van der Waals surface area contributed by atoms with Crippen LogP contribution in [0.2, 0.25) is 0 Å². The van der Waals surface area contributed by atoms with Crippen LogP contribution in [0.1, 0.15) is 34.6 Å². The molecule has 0 fully saturated rings. The molecule has 0 aliphatic heterocycles. The molecule has 0 saturated carbocycles. The fourth-order valence-electron chi connectivity index (χ4n) is 0. The van der Waals surface area contributed by atoms with Crippen LogP contribution in [0.15, 0.2) is 0 Å². The minimum atomic E-state index is 0.583. The van der Waals surface area contributed by atoms with E-state index in [9.17, 15) is 0 Å². The highest BCUT2D eigenvalue weighted by Crippen LogP contribution is 1.81. The third-order valence-corrected chi connectivity index (χ3v) is 0. The Hall–Kier alpha value is -0.0400. The average Bonchev–Trinajstić information content (AvgIpc) is 1.25. The van der Waals surface area contributed by atoms with Gasteiger partial charge in [0.25, 0.3) is 0 Å². The van der Waals surface area contributed by atoms with Gasteiger partial charge in [0.1, 0.15) is 0 Å². The molecule has 0 aromatic carbocycles. The quantitative estimate of drug-likeness (QED) is 0.496. The summed E-state index contributed by atoms with van der Waals surface area (Å²) in [6, 6.07) is 0.583. The normalized spacial score (nSPS) is 9.00. The van der Waals surface area contributed by atoms with E-state index in [1.807, 2.05) is 0 Å². The molecule has 0 saturated heterocycles. The van der Waals surface area contributed by atoms with Crippen LogP contribution in [0.5, 0.6) is 0 Å². The summed E-state index contributed by atoms with van der Waals surface area (Å²) in [5.41, 5.74) is 3.64. The first-order valence-corrected chi connectivity index (χ1v) is 3.29. The zero-order valence-corrected chi connectivity index (χ0v) is 6.86. The molecule has 0 aliphatic carbocycles. The van der Waals surface area contributed by atoms with E-state index in [0.717, 1.165) is 5.92 Å². The van der Waals surface area contributed by atoms with Gasteiger partial charge in [-0.25, -0.2) is 0 Å². The van der Waals surface area contributed by atoms with Gasteiger partial charge in [-0.15, -0.1) is 0 Å². The van der Waals surface area contributed by atoms with Crippen molar-refractivity contribution in [2.45, 2.75) is 40.7 Å². The molecule has 0 radical (unpaired) electrons.